The Bertz CT molecular complexity index is 825. The molecule has 3 rings (SSSR count). The van der Waals surface area contributed by atoms with Crippen LogP contribution in [0.2, 0.25) is 0 Å². The smallest absolute Gasteiger partial charge is 0.387 e. The van der Waals surface area contributed by atoms with Crippen LogP contribution in [-0.2, 0) is 11.2 Å². The average Bonchev–Trinajstić information content (AvgIpc) is 2.92. The molecule has 0 spiro atoms. The normalized spacial score (nSPS) is 14.9. The Hall–Kier alpha value is -3.04. The molecule has 1 saturated heterocycles. The predicted molar refractivity (Wildman–Crippen MR) is 92.9 cm³/mol. The second-order valence-corrected chi connectivity index (χ2v) is 6.40. The summed E-state index contributed by atoms with van der Waals surface area (Å²) in [5.74, 6) is -0.312. The molecule has 10 heteroatoms. The van der Waals surface area contributed by atoms with Crippen molar-refractivity contribution in [1.82, 2.24) is 20.1 Å². The number of hydrogen-bond acceptors (Lipinski definition) is 6. The Morgan fingerprint density at radius 2 is 1.79 bits per heavy atom. The third kappa shape index (κ3) is 4.81. The van der Waals surface area contributed by atoms with Crippen molar-refractivity contribution in [2.75, 3.05) is 26.2 Å². The summed E-state index contributed by atoms with van der Waals surface area (Å²) >= 11 is 0. The standard InChI is InChI=1S/C18H20F2N4O4/c1-12-15(22-28-21-12)11-16(25)23-7-2-8-24(10-9-23)17(26)13-3-5-14(6-4-13)27-18(19)20/h3-6,18H,2,7-11H2,1H3. The lowest BCUT2D eigenvalue weighted by Gasteiger charge is -2.22. The van der Waals surface area contributed by atoms with Gasteiger partial charge in [0.1, 0.15) is 17.1 Å². The molecule has 0 aliphatic carbocycles. The van der Waals surface area contributed by atoms with Crippen molar-refractivity contribution in [1.29, 1.82) is 0 Å². The maximum atomic E-state index is 12.7. The quantitative estimate of drug-likeness (QED) is 0.770. The van der Waals surface area contributed by atoms with Gasteiger partial charge < -0.3 is 14.5 Å². The lowest BCUT2D eigenvalue weighted by molar-refractivity contribution is -0.130. The number of ether oxygens (including phenoxy) is 1. The Morgan fingerprint density at radius 1 is 1.11 bits per heavy atom. The first kappa shape index (κ1) is 19.7. The van der Waals surface area contributed by atoms with E-state index in [0.717, 1.165) is 0 Å². The van der Waals surface area contributed by atoms with Gasteiger partial charge in [0.2, 0.25) is 5.91 Å². The predicted octanol–water partition coefficient (Wildman–Crippen LogP) is 1.90. The van der Waals surface area contributed by atoms with Gasteiger partial charge in [0.05, 0.1) is 6.42 Å². The highest BCUT2D eigenvalue weighted by molar-refractivity contribution is 5.94. The monoisotopic (exact) mass is 394 g/mol. The van der Waals surface area contributed by atoms with E-state index in [4.69, 9.17) is 0 Å². The number of aryl methyl sites for hydroxylation is 1. The fourth-order valence-corrected chi connectivity index (χ4v) is 3.00. The third-order valence-corrected chi connectivity index (χ3v) is 4.53. The number of benzene rings is 1. The molecule has 2 heterocycles. The van der Waals surface area contributed by atoms with E-state index in [1.165, 1.54) is 24.3 Å². The average molecular weight is 394 g/mol. The maximum absolute atomic E-state index is 12.7. The van der Waals surface area contributed by atoms with E-state index in [9.17, 15) is 18.4 Å². The van der Waals surface area contributed by atoms with Gasteiger partial charge in [-0.25, -0.2) is 4.63 Å². The van der Waals surface area contributed by atoms with Crippen LogP contribution in [0.4, 0.5) is 8.78 Å². The number of hydrogen-bond donors (Lipinski definition) is 0. The second-order valence-electron chi connectivity index (χ2n) is 6.40. The molecule has 1 aliphatic rings. The molecule has 0 atom stereocenters. The first-order valence-corrected chi connectivity index (χ1v) is 8.84. The molecule has 150 valence electrons. The van der Waals surface area contributed by atoms with Crippen LogP contribution in [0.1, 0.15) is 28.2 Å². The first-order valence-electron chi connectivity index (χ1n) is 8.84. The van der Waals surface area contributed by atoms with E-state index in [1.54, 1.807) is 16.7 Å². The van der Waals surface area contributed by atoms with Crippen molar-refractivity contribution in [2.45, 2.75) is 26.4 Å². The molecule has 1 aromatic carbocycles. The van der Waals surface area contributed by atoms with Crippen LogP contribution in [0, 0.1) is 6.92 Å². The number of rotatable bonds is 5. The number of aromatic nitrogens is 2. The Morgan fingerprint density at radius 3 is 2.43 bits per heavy atom. The molecular formula is C18H20F2N4O4. The minimum absolute atomic E-state index is 0.00294. The van der Waals surface area contributed by atoms with Crippen LogP contribution in [0.3, 0.4) is 0 Å². The van der Waals surface area contributed by atoms with Gasteiger partial charge in [0.25, 0.3) is 5.91 Å². The van der Waals surface area contributed by atoms with Gasteiger partial charge in [-0.2, -0.15) is 8.78 Å². The van der Waals surface area contributed by atoms with Gasteiger partial charge in [0, 0.05) is 31.7 Å². The highest BCUT2D eigenvalue weighted by atomic mass is 19.3. The molecule has 1 fully saturated rings. The van der Waals surface area contributed by atoms with E-state index >= 15 is 0 Å². The van der Waals surface area contributed by atoms with Crippen LogP contribution in [0.25, 0.3) is 0 Å². The third-order valence-electron chi connectivity index (χ3n) is 4.53. The number of halogens is 2. The molecule has 0 N–H and O–H groups in total. The summed E-state index contributed by atoms with van der Waals surface area (Å²) in [6.45, 7) is 0.639. The van der Waals surface area contributed by atoms with Crippen LogP contribution in [-0.4, -0.2) is 64.7 Å². The highest BCUT2D eigenvalue weighted by Crippen LogP contribution is 2.17. The summed E-state index contributed by atoms with van der Waals surface area (Å²) in [6.07, 6.45) is 0.745. The topological polar surface area (TPSA) is 88.8 Å². The summed E-state index contributed by atoms with van der Waals surface area (Å²) in [5.41, 5.74) is 1.47. The Labute approximate surface area is 160 Å². The van der Waals surface area contributed by atoms with Crippen molar-refractivity contribution in [2.24, 2.45) is 0 Å². The molecule has 0 bridgehead atoms. The Balaban J connectivity index is 1.57. The number of nitrogens with zero attached hydrogens (tertiary/aromatic N) is 4. The van der Waals surface area contributed by atoms with Crippen molar-refractivity contribution >= 4 is 11.8 Å². The van der Waals surface area contributed by atoms with Gasteiger partial charge in [0.15, 0.2) is 0 Å². The van der Waals surface area contributed by atoms with Gasteiger partial charge in [-0.05, 0) is 37.6 Å². The minimum atomic E-state index is -2.91. The molecule has 2 amide bonds. The van der Waals surface area contributed by atoms with Gasteiger partial charge in [-0.15, -0.1) is 0 Å². The summed E-state index contributed by atoms with van der Waals surface area (Å²) in [4.78, 5) is 28.5. The SMILES string of the molecule is Cc1nonc1CC(=O)N1CCCN(C(=O)c2ccc(OC(F)F)cc2)CC1. The fraction of sp³-hybridized carbons (Fsp3) is 0.444. The van der Waals surface area contributed by atoms with Crippen molar-refractivity contribution in [3.63, 3.8) is 0 Å². The molecule has 0 saturated carbocycles. The summed E-state index contributed by atoms with van der Waals surface area (Å²) in [5, 5.41) is 7.39. The summed E-state index contributed by atoms with van der Waals surface area (Å²) in [6, 6.07) is 5.57. The van der Waals surface area contributed by atoms with Crippen LogP contribution in [0.15, 0.2) is 28.9 Å². The zero-order chi connectivity index (χ0) is 20.1. The molecule has 0 radical (unpaired) electrons. The molecule has 1 aliphatic heterocycles. The maximum Gasteiger partial charge on any atom is 0.387 e. The van der Waals surface area contributed by atoms with Gasteiger partial charge >= 0.3 is 6.61 Å². The lowest BCUT2D eigenvalue weighted by atomic mass is 10.2. The van der Waals surface area contributed by atoms with E-state index in [0.29, 0.717) is 49.6 Å². The molecule has 1 aromatic heterocycles. The van der Waals surface area contributed by atoms with Crippen LogP contribution >= 0.6 is 0 Å². The molecule has 0 unspecified atom stereocenters. The summed E-state index contributed by atoms with van der Waals surface area (Å²) < 4.78 is 33.3. The molecule has 28 heavy (non-hydrogen) atoms. The van der Waals surface area contributed by atoms with Crippen molar-refractivity contribution in [3.05, 3.63) is 41.2 Å². The number of amides is 2. The first-order chi connectivity index (χ1) is 13.4. The van der Waals surface area contributed by atoms with E-state index in [1.807, 2.05) is 0 Å². The van der Waals surface area contributed by atoms with Crippen molar-refractivity contribution < 1.29 is 27.7 Å². The Kier molecular flexibility index (Phi) is 6.17. The molecule has 2 aromatic rings. The van der Waals surface area contributed by atoms with Gasteiger partial charge in [-0.1, -0.05) is 10.3 Å². The zero-order valence-corrected chi connectivity index (χ0v) is 15.3. The molecule has 8 nitrogen and oxygen atoms in total. The fourth-order valence-electron chi connectivity index (χ4n) is 3.00. The number of carbonyl (C=O) groups excluding carboxylic acids is 2. The minimum Gasteiger partial charge on any atom is -0.435 e. The van der Waals surface area contributed by atoms with Crippen LogP contribution < -0.4 is 4.74 Å². The zero-order valence-electron chi connectivity index (χ0n) is 15.3. The number of carbonyl (C=O) groups is 2. The number of alkyl halides is 2. The second kappa shape index (κ2) is 8.77. The van der Waals surface area contributed by atoms with E-state index < -0.39 is 6.61 Å². The lowest BCUT2D eigenvalue weighted by Crippen LogP contribution is -2.38. The highest BCUT2D eigenvalue weighted by Gasteiger charge is 2.24. The van der Waals surface area contributed by atoms with Crippen LogP contribution in [0.5, 0.6) is 5.75 Å². The summed E-state index contributed by atoms with van der Waals surface area (Å²) in [7, 11) is 0. The molecular weight excluding hydrogens is 374 g/mol. The van der Waals surface area contributed by atoms with Crippen molar-refractivity contribution in [3.8, 4) is 5.75 Å². The largest absolute Gasteiger partial charge is 0.435 e. The van der Waals surface area contributed by atoms with E-state index in [-0.39, 0.29) is 24.0 Å². The van der Waals surface area contributed by atoms with Gasteiger partial charge in [-0.3, -0.25) is 9.59 Å². The van der Waals surface area contributed by atoms with E-state index in [2.05, 4.69) is 19.7 Å².